The van der Waals surface area contributed by atoms with Crippen LogP contribution in [0.3, 0.4) is 0 Å². The zero-order valence-electron chi connectivity index (χ0n) is 17.8. The van der Waals surface area contributed by atoms with E-state index < -0.39 is 0 Å². The fourth-order valence-corrected chi connectivity index (χ4v) is 4.27. The summed E-state index contributed by atoms with van der Waals surface area (Å²) in [5, 5.41) is 1.54. The second-order valence-electron chi connectivity index (χ2n) is 7.70. The fourth-order valence-electron chi connectivity index (χ4n) is 4.10. The summed E-state index contributed by atoms with van der Waals surface area (Å²) in [5.41, 5.74) is 2.96. The van der Waals surface area contributed by atoms with Gasteiger partial charge >= 0.3 is 0 Å². The quantitative estimate of drug-likeness (QED) is 0.608. The van der Waals surface area contributed by atoms with Gasteiger partial charge in [-0.15, -0.1) is 0 Å². The summed E-state index contributed by atoms with van der Waals surface area (Å²) in [7, 11) is 0. The van der Waals surface area contributed by atoms with E-state index in [-0.39, 0.29) is 18.1 Å². The van der Waals surface area contributed by atoms with Crippen LogP contribution in [0.1, 0.15) is 12.5 Å². The van der Waals surface area contributed by atoms with Gasteiger partial charge in [0.2, 0.25) is 0 Å². The number of aromatic nitrogens is 1. The number of fused-ring (bicyclic) bond motifs is 1. The van der Waals surface area contributed by atoms with Crippen LogP contribution in [0.2, 0.25) is 5.02 Å². The SMILES string of the molecule is CCn1c(=O)cc(OCC(=O)N2CCN(c3cc(Cl)ccc3C)CC2)c2ccccc21. The molecule has 0 atom stereocenters. The molecule has 1 fully saturated rings. The number of carbonyl (C=O) groups excluding carboxylic acids is 1. The number of hydrogen-bond donors (Lipinski definition) is 0. The Kier molecular flexibility index (Phi) is 6.18. The molecule has 31 heavy (non-hydrogen) atoms. The summed E-state index contributed by atoms with van der Waals surface area (Å²) in [5.74, 6) is 0.373. The molecule has 162 valence electrons. The Labute approximate surface area is 186 Å². The lowest BCUT2D eigenvalue weighted by molar-refractivity contribution is -0.133. The molecule has 1 amide bonds. The van der Waals surface area contributed by atoms with E-state index >= 15 is 0 Å². The summed E-state index contributed by atoms with van der Waals surface area (Å²) in [6.07, 6.45) is 0. The van der Waals surface area contributed by atoms with Crippen molar-refractivity contribution in [2.75, 3.05) is 37.7 Å². The number of rotatable bonds is 5. The highest BCUT2D eigenvalue weighted by Crippen LogP contribution is 2.26. The van der Waals surface area contributed by atoms with Crippen molar-refractivity contribution in [2.24, 2.45) is 0 Å². The van der Waals surface area contributed by atoms with Gasteiger partial charge < -0.3 is 19.1 Å². The predicted octanol–water partition coefficient (Wildman–Crippen LogP) is 3.71. The number of piperazine rings is 1. The third kappa shape index (κ3) is 4.39. The number of pyridine rings is 1. The minimum atomic E-state index is -0.130. The molecule has 1 aliphatic heterocycles. The van der Waals surface area contributed by atoms with Crippen LogP contribution < -0.4 is 15.2 Å². The molecule has 0 aliphatic carbocycles. The number of para-hydroxylation sites is 1. The third-order valence-electron chi connectivity index (χ3n) is 5.79. The van der Waals surface area contributed by atoms with Crippen molar-refractivity contribution in [1.82, 2.24) is 9.47 Å². The van der Waals surface area contributed by atoms with Crippen LogP contribution >= 0.6 is 11.6 Å². The molecule has 0 spiro atoms. The van der Waals surface area contributed by atoms with Crippen molar-refractivity contribution in [1.29, 1.82) is 0 Å². The largest absolute Gasteiger partial charge is 0.483 e. The van der Waals surface area contributed by atoms with Crippen LogP contribution in [0.4, 0.5) is 5.69 Å². The van der Waals surface area contributed by atoms with Crippen molar-refractivity contribution in [3.05, 3.63) is 69.5 Å². The summed E-state index contributed by atoms with van der Waals surface area (Å²) >= 11 is 6.15. The monoisotopic (exact) mass is 439 g/mol. The molecule has 2 heterocycles. The van der Waals surface area contributed by atoms with Gasteiger partial charge in [-0.3, -0.25) is 9.59 Å². The normalized spacial score (nSPS) is 14.2. The first-order valence-corrected chi connectivity index (χ1v) is 10.9. The zero-order valence-corrected chi connectivity index (χ0v) is 18.6. The molecule has 1 saturated heterocycles. The molecule has 0 N–H and O–H groups in total. The summed E-state index contributed by atoms with van der Waals surface area (Å²) < 4.78 is 7.52. The van der Waals surface area contributed by atoms with E-state index in [9.17, 15) is 9.59 Å². The molecule has 0 saturated carbocycles. The second-order valence-corrected chi connectivity index (χ2v) is 8.13. The Bertz CT molecular complexity index is 1170. The standard InChI is InChI=1S/C24H26ClN3O3/c1-3-28-20-7-5-4-6-19(20)22(15-23(28)29)31-16-24(30)27-12-10-26(11-13-27)21-14-18(25)9-8-17(21)2/h4-9,14-15H,3,10-13,16H2,1-2H3. The van der Waals surface area contributed by atoms with Gasteiger partial charge in [0.25, 0.3) is 11.5 Å². The lowest BCUT2D eigenvalue weighted by atomic mass is 10.1. The maximum atomic E-state index is 12.8. The molecule has 2 aromatic carbocycles. The van der Waals surface area contributed by atoms with Gasteiger partial charge in [0.1, 0.15) is 5.75 Å². The van der Waals surface area contributed by atoms with Gasteiger partial charge in [0.05, 0.1) is 5.52 Å². The Hall–Kier alpha value is -2.99. The highest BCUT2D eigenvalue weighted by atomic mass is 35.5. The molecular weight excluding hydrogens is 414 g/mol. The van der Waals surface area contributed by atoms with Gasteiger partial charge in [-0.25, -0.2) is 0 Å². The van der Waals surface area contributed by atoms with Crippen molar-refractivity contribution >= 4 is 34.1 Å². The number of carbonyl (C=O) groups is 1. The third-order valence-corrected chi connectivity index (χ3v) is 6.03. The molecule has 0 unspecified atom stereocenters. The predicted molar refractivity (Wildman–Crippen MR) is 124 cm³/mol. The minimum Gasteiger partial charge on any atom is -0.483 e. The molecule has 1 aliphatic rings. The first kappa shape index (κ1) is 21.2. The van der Waals surface area contributed by atoms with E-state index in [1.165, 1.54) is 11.6 Å². The van der Waals surface area contributed by atoms with Crippen molar-refractivity contribution in [3.63, 3.8) is 0 Å². The van der Waals surface area contributed by atoms with E-state index in [0.717, 1.165) is 29.7 Å². The van der Waals surface area contributed by atoms with Crippen molar-refractivity contribution < 1.29 is 9.53 Å². The Morgan fingerprint density at radius 1 is 1.06 bits per heavy atom. The lowest BCUT2D eigenvalue weighted by Gasteiger charge is -2.36. The average Bonchev–Trinajstić information content (AvgIpc) is 2.79. The number of anilines is 1. The average molecular weight is 440 g/mol. The van der Waals surface area contributed by atoms with Crippen LogP contribution in [0.15, 0.2) is 53.3 Å². The van der Waals surface area contributed by atoms with E-state index in [2.05, 4.69) is 11.8 Å². The van der Waals surface area contributed by atoms with Crippen LogP contribution in [0, 0.1) is 6.92 Å². The fraction of sp³-hybridized carbons (Fsp3) is 0.333. The number of ether oxygens (including phenoxy) is 1. The molecular formula is C24H26ClN3O3. The maximum Gasteiger partial charge on any atom is 0.260 e. The number of halogens is 1. The molecule has 0 radical (unpaired) electrons. The first-order valence-electron chi connectivity index (χ1n) is 10.5. The summed E-state index contributed by atoms with van der Waals surface area (Å²) in [4.78, 5) is 29.2. The first-order chi connectivity index (χ1) is 15.0. The molecule has 3 aromatic rings. The van der Waals surface area contributed by atoms with Crippen LogP contribution in [-0.4, -0.2) is 48.2 Å². The van der Waals surface area contributed by atoms with Crippen LogP contribution in [-0.2, 0) is 11.3 Å². The highest BCUT2D eigenvalue weighted by molar-refractivity contribution is 6.30. The number of amides is 1. The summed E-state index contributed by atoms with van der Waals surface area (Å²) in [6, 6.07) is 14.9. The number of hydrogen-bond acceptors (Lipinski definition) is 4. The second kappa shape index (κ2) is 9.02. The van der Waals surface area contributed by atoms with E-state index in [4.69, 9.17) is 16.3 Å². The highest BCUT2D eigenvalue weighted by Gasteiger charge is 2.23. The smallest absolute Gasteiger partial charge is 0.260 e. The van der Waals surface area contributed by atoms with Crippen LogP contribution in [0.25, 0.3) is 10.9 Å². The molecule has 1 aromatic heterocycles. The van der Waals surface area contributed by atoms with Gasteiger partial charge in [-0.1, -0.05) is 29.8 Å². The van der Waals surface area contributed by atoms with Gasteiger partial charge in [0.15, 0.2) is 6.61 Å². The molecule has 6 nitrogen and oxygen atoms in total. The van der Waals surface area contributed by atoms with Gasteiger partial charge in [0, 0.05) is 54.9 Å². The molecule has 4 rings (SSSR count). The molecule has 0 bridgehead atoms. The van der Waals surface area contributed by atoms with Crippen molar-refractivity contribution in [3.8, 4) is 5.75 Å². The van der Waals surface area contributed by atoms with Crippen molar-refractivity contribution in [2.45, 2.75) is 20.4 Å². The number of nitrogens with zero attached hydrogens (tertiary/aromatic N) is 3. The maximum absolute atomic E-state index is 12.8. The topological polar surface area (TPSA) is 54.8 Å². The molecule has 7 heteroatoms. The Balaban J connectivity index is 1.42. The Morgan fingerprint density at radius 2 is 1.81 bits per heavy atom. The Morgan fingerprint density at radius 3 is 2.55 bits per heavy atom. The van der Waals surface area contributed by atoms with E-state index in [0.29, 0.717) is 30.4 Å². The number of aryl methyl sites for hydroxylation is 2. The van der Waals surface area contributed by atoms with Gasteiger partial charge in [-0.2, -0.15) is 0 Å². The lowest BCUT2D eigenvalue weighted by Crippen LogP contribution is -2.50. The van der Waals surface area contributed by atoms with Crippen LogP contribution in [0.5, 0.6) is 5.75 Å². The summed E-state index contributed by atoms with van der Waals surface area (Å²) in [6.45, 7) is 7.20. The van der Waals surface area contributed by atoms with Gasteiger partial charge in [-0.05, 0) is 43.7 Å². The minimum absolute atomic E-state index is 0.0776. The van der Waals surface area contributed by atoms with E-state index in [1.807, 2.05) is 54.3 Å². The van der Waals surface area contributed by atoms with E-state index in [1.54, 1.807) is 4.57 Å². The number of benzene rings is 2. The zero-order chi connectivity index (χ0) is 22.0.